The van der Waals surface area contributed by atoms with Gasteiger partial charge in [0.15, 0.2) is 0 Å². The number of fused-ring (bicyclic) bond motifs is 1. The summed E-state index contributed by atoms with van der Waals surface area (Å²) in [5.41, 5.74) is 2.41. The summed E-state index contributed by atoms with van der Waals surface area (Å²) in [5.74, 6) is 0.883. The predicted molar refractivity (Wildman–Crippen MR) is 139 cm³/mol. The van der Waals surface area contributed by atoms with Gasteiger partial charge in [-0.05, 0) is 99.3 Å². The van der Waals surface area contributed by atoms with Crippen LogP contribution in [-0.4, -0.2) is 52.8 Å². The standard InChI is InChI=1S/C29H42N2O4/c1-21-20-30-25-9-8-23(35-2)18-24(25)28(21)26(32)10-12-29(19-27(33)34)13-16-31(17-14-29)15-11-22-6-4-3-5-7-22/h8-9,18,20,22,26,32H,3-7,10-17,19H2,1-2H3,(H,33,34)/t26-/m0/s1. The molecule has 0 bridgehead atoms. The lowest BCUT2D eigenvalue weighted by atomic mass is 9.71. The molecule has 1 saturated carbocycles. The van der Waals surface area contributed by atoms with Gasteiger partial charge in [0, 0.05) is 11.6 Å². The fourth-order valence-electron chi connectivity index (χ4n) is 6.38. The number of aliphatic carboxylic acids is 1. The van der Waals surface area contributed by atoms with Gasteiger partial charge in [0.2, 0.25) is 0 Å². The molecule has 192 valence electrons. The summed E-state index contributed by atoms with van der Waals surface area (Å²) in [6, 6.07) is 5.73. The Morgan fingerprint density at radius 3 is 2.66 bits per heavy atom. The number of aromatic nitrogens is 1. The fraction of sp³-hybridized carbons (Fsp3) is 0.655. The number of likely N-dealkylation sites (tertiary alicyclic amines) is 1. The van der Waals surface area contributed by atoms with Crippen LogP contribution in [0.3, 0.4) is 0 Å². The molecule has 2 aromatic rings. The molecule has 1 aliphatic carbocycles. The highest BCUT2D eigenvalue weighted by Gasteiger charge is 2.37. The van der Waals surface area contributed by atoms with E-state index in [9.17, 15) is 15.0 Å². The van der Waals surface area contributed by atoms with E-state index < -0.39 is 12.1 Å². The number of nitrogens with zero attached hydrogens (tertiary/aromatic N) is 2. The van der Waals surface area contributed by atoms with Crippen molar-refractivity contribution in [3.05, 3.63) is 35.5 Å². The maximum atomic E-state index is 11.8. The van der Waals surface area contributed by atoms with Crippen LogP contribution in [-0.2, 0) is 4.79 Å². The normalized spacial score (nSPS) is 20.1. The number of carboxylic acid groups (broad SMARTS) is 1. The third-order valence-electron chi connectivity index (χ3n) is 8.62. The minimum Gasteiger partial charge on any atom is -0.497 e. The van der Waals surface area contributed by atoms with Gasteiger partial charge in [-0.1, -0.05) is 32.1 Å². The molecule has 2 aliphatic rings. The quantitative estimate of drug-likeness (QED) is 0.439. The highest BCUT2D eigenvalue weighted by atomic mass is 16.5. The summed E-state index contributed by atoms with van der Waals surface area (Å²) in [6.45, 7) is 5.04. The topological polar surface area (TPSA) is 82.9 Å². The second kappa shape index (κ2) is 11.7. The Morgan fingerprint density at radius 1 is 1.23 bits per heavy atom. The van der Waals surface area contributed by atoms with E-state index in [4.69, 9.17) is 4.74 Å². The van der Waals surface area contributed by atoms with Gasteiger partial charge >= 0.3 is 5.97 Å². The smallest absolute Gasteiger partial charge is 0.303 e. The Bertz CT molecular complexity index is 994. The maximum Gasteiger partial charge on any atom is 0.303 e. The Balaban J connectivity index is 1.40. The molecule has 6 nitrogen and oxygen atoms in total. The van der Waals surface area contributed by atoms with Crippen molar-refractivity contribution >= 4 is 16.9 Å². The first-order valence-electron chi connectivity index (χ1n) is 13.4. The van der Waals surface area contributed by atoms with Crippen molar-refractivity contribution in [2.24, 2.45) is 11.3 Å². The van der Waals surface area contributed by atoms with Gasteiger partial charge in [-0.2, -0.15) is 0 Å². The number of hydrogen-bond acceptors (Lipinski definition) is 5. The molecule has 1 aliphatic heterocycles. The Labute approximate surface area is 209 Å². The van der Waals surface area contributed by atoms with E-state index in [1.165, 1.54) is 38.5 Å². The third-order valence-corrected chi connectivity index (χ3v) is 8.62. The Kier molecular flexibility index (Phi) is 8.66. The number of hydrogen-bond donors (Lipinski definition) is 2. The van der Waals surface area contributed by atoms with Gasteiger partial charge in [-0.25, -0.2) is 0 Å². The van der Waals surface area contributed by atoms with Gasteiger partial charge in [-0.3, -0.25) is 9.78 Å². The van der Waals surface area contributed by atoms with Crippen LogP contribution in [0.4, 0.5) is 0 Å². The Hall–Kier alpha value is -2.18. The summed E-state index contributed by atoms with van der Waals surface area (Å²) in [5, 5.41) is 21.9. The van der Waals surface area contributed by atoms with Crippen LogP contribution >= 0.6 is 0 Å². The zero-order valence-electron chi connectivity index (χ0n) is 21.5. The molecule has 1 aromatic carbocycles. The summed E-state index contributed by atoms with van der Waals surface area (Å²) < 4.78 is 5.40. The maximum absolute atomic E-state index is 11.8. The average molecular weight is 483 g/mol. The van der Waals surface area contributed by atoms with Crippen molar-refractivity contribution in [2.45, 2.75) is 83.7 Å². The minimum atomic E-state index is -0.731. The van der Waals surface area contributed by atoms with E-state index in [1.807, 2.05) is 31.3 Å². The zero-order valence-corrected chi connectivity index (χ0v) is 21.5. The molecule has 1 aromatic heterocycles. The average Bonchev–Trinajstić information content (AvgIpc) is 2.87. The molecule has 6 heteroatoms. The van der Waals surface area contributed by atoms with Crippen LogP contribution in [0, 0.1) is 18.3 Å². The molecule has 0 radical (unpaired) electrons. The number of ether oxygens (including phenoxy) is 1. The van der Waals surface area contributed by atoms with Crippen molar-refractivity contribution < 1.29 is 19.7 Å². The van der Waals surface area contributed by atoms with Gasteiger partial charge in [0.25, 0.3) is 0 Å². The molecule has 4 rings (SSSR count). The highest BCUT2D eigenvalue weighted by Crippen LogP contribution is 2.42. The number of aliphatic hydroxyl groups is 1. The molecular formula is C29H42N2O4. The lowest BCUT2D eigenvalue weighted by Crippen LogP contribution is -2.42. The van der Waals surface area contributed by atoms with Crippen molar-refractivity contribution in [2.75, 3.05) is 26.7 Å². The monoisotopic (exact) mass is 482 g/mol. The van der Waals surface area contributed by atoms with Gasteiger partial charge in [-0.15, -0.1) is 0 Å². The number of carboxylic acids is 1. The lowest BCUT2D eigenvalue weighted by molar-refractivity contribution is -0.141. The summed E-state index contributed by atoms with van der Waals surface area (Å²) >= 11 is 0. The second-order valence-electron chi connectivity index (χ2n) is 11.0. The number of rotatable bonds is 10. The van der Waals surface area contributed by atoms with E-state index >= 15 is 0 Å². The summed E-state index contributed by atoms with van der Waals surface area (Å²) in [4.78, 5) is 18.9. The van der Waals surface area contributed by atoms with E-state index in [0.717, 1.165) is 66.2 Å². The van der Waals surface area contributed by atoms with E-state index in [-0.39, 0.29) is 11.8 Å². The first-order chi connectivity index (χ1) is 16.9. The fourth-order valence-corrected chi connectivity index (χ4v) is 6.38. The number of methoxy groups -OCH3 is 1. The molecule has 1 saturated heterocycles. The lowest BCUT2D eigenvalue weighted by Gasteiger charge is -2.42. The first-order valence-corrected chi connectivity index (χ1v) is 13.4. The third kappa shape index (κ3) is 6.53. The molecule has 0 amide bonds. The number of carbonyl (C=O) groups is 1. The molecular weight excluding hydrogens is 440 g/mol. The van der Waals surface area contributed by atoms with E-state index in [0.29, 0.717) is 12.8 Å². The van der Waals surface area contributed by atoms with Crippen LogP contribution in [0.25, 0.3) is 10.9 Å². The van der Waals surface area contributed by atoms with Crippen LogP contribution < -0.4 is 4.74 Å². The van der Waals surface area contributed by atoms with Crippen molar-refractivity contribution in [1.82, 2.24) is 9.88 Å². The molecule has 35 heavy (non-hydrogen) atoms. The molecule has 1 atom stereocenters. The van der Waals surface area contributed by atoms with Crippen molar-refractivity contribution in [1.29, 1.82) is 0 Å². The number of piperidine rings is 1. The first kappa shape index (κ1) is 25.9. The largest absolute Gasteiger partial charge is 0.497 e. The number of aryl methyl sites for hydroxylation is 1. The molecule has 2 heterocycles. The molecule has 0 unspecified atom stereocenters. The van der Waals surface area contributed by atoms with Crippen LogP contribution in [0.1, 0.15) is 87.9 Å². The van der Waals surface area contributed by atoms with Gasteiger partial charge in [0.05, 0.1) is 25.2 Å². The van der Waals surface area contributed by atoms with Gasteiger partial charge in [0.1, 0.15) is 5.75 Å². The van der Waals surface area contributed by atoms with E-state index in [1.54, 1.807) is 7.11 Å². The van der Waals surface area contributed by atoms with Crippen LogP contribution in [0.15, 0.2) is 24.4 Å². The number of benzene rings is 1. The molecule has 0 spiro atoms. The second-order valence-corrected chi connectivity index (χ2v) is 11.0. The zero-order chi connectivity index (χ0) is 24.8. The van der Waals surface area contributed by atoms with Crippen LogP contribution in [0.2, 0.25) is 0 Å². The SMILES string of the molecule is COc1ccc2ncc(C)c([C@@H](O)CCC3(CC(=O)O)CCN(CCC4CCCCC4)CC3)c2c1. The number of pyridine rings is 1. The van der Waals surface area contributed by atoms with Gasteiger partial charge < -0.3 is 19.8 Å². The number of aliphatic hydroxyl groups excluding tert-OH is 1. The van der Waals surface area contributed by atoms with Crippen LogP contribution in [0.5, 0.6) is 5.75 Å². The van der Waals surface area contributed by atoms with Crippen molar-refractivity contribution in [3.63, 3.8) is 0 Å². The molecule has 2 N–H and O–H groups in total. The Morgan fingerprint density at radius 2 is 1.97 bits per heavy atom. The molecule has 2 fully saturated rings. The predicted octanol–water partition coefficient (Wildman–Crippen LogP) is 5.89. The highest BCUT2D eigenvalue weighted by molar-refractivity contribution is 5.84. The van der Waals surface area contributed by atoms with E-state index in [2.05, 4.69) is 9.88 Å². The summed E-state index contributed by atoms with van der Waals surface area (Å²) in [6.07, 6.45) is 12.6. The van der Waals surface area contributed by atoms with Crippen molar-refractivity contribution in [3.8, 4) is 5.75 Å². The minimum absolute atomic E-state index is 0.181. The summed E-state index contributed by atoms with van der Waals surface area (Å²) in [7, 11) is 1.64.